The lowest BCUT2D eigenvalue weighted by atomic mass is 10.3. The predicted octanol–water partition coefficient (Wildman–Crippen LogP) is 0.0557. The minimum absolute atomic E-state index is 0.0307. The van der Waals surface area contributed by atoms with Crippen LogP contribution in [-0.4, -0.2) is 47.1 Å². The third kappa shape index (κ3) is 2.53. The summed E-state index contributed by atoms with van der Waals surface area (Å²) < 4.78 is 25.4. The lowest BCUT2D eigenvalue weighted by molar-refractivity contribution is -0.386. The highest BCUT2D eigenvalue weighted by Gasteiger charge is 2.32. The van der Waals surface area contributed by atoms with Crippen LogP contribution >= 0.6 is 0 Å². The quantitative estimate of drug-likeness (QED) is 0.599. The standard InChI is InChI=1S/C10H12N2O6S/c13-7-3-4-11(6-7)19(17,18)8-1-2-10(14)9(5-8)12(15)16/h1-2,5,7,13-14H,3-4,6H2. The monoisotopic (exact) mass is 288 g/mol. The van der Waals surface area contributed by atoms with Crippen molar-refractivity contribution in [1.82, 2.24) is 4.31 Å². The number of nitro groups is 1. The van der Waals surface area contributed by atoms with Gasteiger partial charge in [0, 0.05) is 19.2 Å². The third-order valence-electron chi connectivity index (χ3n) is 2.91. The Bertz CT molecular complexity index is 614. The molecule has 1 aliphatic rings. The number of rotatable bonds is 3. The third-order valence-corrected chi connectivity index (χ3v) is 4.77. The van der Waals surface area contributed by atoms with Gasteiger partial charge in [0.05, 0.1) is 15.9 Å². The van der Waals surface area contributed by atoms with Gasteiger partial charge in [-0.05, 0) is 18.6 Å². The average Bonchev–Trinajstić information content (AvgIpc) is 2.76. The molecule has 0 bridgehead atoms. The fourth-order valence-electron chi connectivity index (χ4n) is 1.89. The van der Waals surface area contributed by atoms with Crippen LogP contribution in [0.5, 0.6) is 5.75 Å². The summed E-state index contributed by atoms with van der Waals surface area (Å²) in [5, 5.41) is 29.3. The highest BCUT2D eigenvalue weighted by molar-refractivity contribution is 7.89. The molecule has 1 atom stereocenters. The number of phenolic OH excluding ortho intramolecular Hbond substituents is 1. The lowest BCUT2D eigenvalue weighted by Gasteiger charge is -2.15. The first-order chi connectivity index (χ1) is 8.82. The maximum absolute atomic E-state index is 12.2. The smallest absolute Gasteiger partial charge is 0.312 e. The average molecular weight is 288 g/mol. The van der Waals surface area contributed by atoms with Crippen LogP contribution in [0.25, 0.3) is 0 Å². The van der Waals surface area contributed by atoms with E-state index in [2.05, 4.69) is 0 Å². The number of aliphatic hydroxyl groups is 1. The van der Waals surface area contributed by atoms with Gasteiger partial charge in [-0.25, -0.2) is 8.42 Å². The van der Waals surface area contributed by atoms with E-state index in [1.807, 2.05) is 0 Å². The molecular formula is C10H12N2O6S. The highest BCUT2D eigenvalue weighted by Crippen LogP contribution is 2.30. The number of aromatic hydroxyl groups is 1. The molecule has 2 rings (SSSR count). The van der Waals surface area contributed by atoms with Gasteiger partial charge in [-0.1, -0.05) is 0 Å². The number of sulfonamides is 1. The lowest BCUT2D eigenvalue weighted by Crippen LogP contribution is -2.29. The Morgan fingerprint density at radius 3 is 2.63 bits per heavy atom. The summed E-state index contributed by atoms with van der Waals surface area (Å²) in [7, 11) is -3.89. The molecule has 1 unspecified atom stereocenters. The first-order valence-electron chi connectivity index (χ1n) is 5.48. The molecule has 0 amide bonds. The molecule has 1 aliphatic heterocycles. The molecule has 0 aliphatic carbocycles. The largest absolute Gasteiger partial charge is 0.502 e. The molecule has 0 saturated carbocycles. The summed E-state index contributed by atoms with van der Waals surface area (Å²) in [6.07, 6.45) is -0.388. The second-order valence-electron chi connectivity index (χ2n) is 4.21. The van der Waals surface area contributed by atoms with Crippen LogP contribution in [0.1, 0.15) is 6.42 Å². The zero-order chi connectivity index (χ0) is 14.2. The predicted molar refractivity (Wildman–Crippen MR) is 64.1 cm³/mol. The first kappa shape index (κ1) is 13.7. The van der Waals surface area contributed by atoms with Gasteiger partial charge >= 0.3 is 5.69 Å². The van der Waals surface area contributed by atoms with E-state index in [4.69, 9.17) is 0 Å². The molecule has 0 spiro atoms. The number of hydrogen-bond acceptors (Lipinski definition) is 6. The van der Waals surface area contributed by atoms with Crippen molar-refractivity contribution in [3.05, 3.63) is 28.3 Å². The number of aliphatic hydroxyl groups excluding tert-OH is 1. The fourth-order valence-corrected chi connectivity index (χ4v) is 3.40. The second kappa shape index (κ2) is 4.76. The number of phenols is 1. The molecule has 9 heteroatoms. The van der Waals surface area contributed by atoms with E-state index in [0.29, 0.717) is 6.42 Å². The summed E-state index contributed by atoms with van der Waals surface area (Å²) in [6.45, 7) is 0.134. The van der Waals surface area contributed by atoms with Crippen LogP contribution < -0.4 is 0 Å². The van der Waals surface area contributed by atoms with E-state index in [9.17, 15) is 28.7 Å². The Morgan fingerprint density at radius 1 is 1.42 bits per heavy atom. The highest BCUT2D eigenvalue weighted by atomic mass is 32.2. The Morgan fingerprint density at radius 2 is 2.11 bits per heavy atom. The number of nitro benzene ring substituents is 1. The maximum Gasteiger partial charge on any atom is 0.312 e. The van der Waals surface area contributed by atoms with Crippen molar-refractivity contribution >= 4 is 15.7 Å². The van der Waals surface area contributed by atoms with Gasteiger partial charge < -0.3 is 10.2 Å². The van der Waals surface area contributed by atoms with Crippen molar-refractivity contribution in [2.45, 2.75) is 17.4 Å². The van der Waals surface area contributed by atoms with Crippen LogP contribution in [0.15, 0.2) is 23.1 Å². The normalized spacial score (nSPS) is 20.6. The summed E-state index contributed by atoms with van der Waals surface area (Å²) in [5.41, 5.74) is -0.666. The van der Waals surface area contributed by atoms with Gasteiger partial charge in [0.2, 0.25) is 10.0 Å². The molecule has 0 aromatic heterocycles. The maximum atomic E-state index is 12.2. The SMILES string of the molecule is O=[N+]([O-])c1cc(S(=O)(=O)N2CCC(O)C2)ccc1O. The van der Waals surface area contributed by atoms with E-state index in [1.165, 1.54) is 0 Å². The number of β-amino-alcohol motifs (C(OH)–C–C–N with tert-alkyl or cyclic N) is 1. The van der Waals surface area contributed by atoms with Crippen molar-refractivity contribution in [3.8, 4) is 5.75 Å². The zero-order valence-corrected chi connectivity index (χ0v) is 10.6. The van der Waals surface area contributed by atoms with Gasteiger partial charge in [-0.3, -0.25) is 10.1 Å². The molecule has 104 valence electrons. The number of benzene rings is 1. The molecule has 1 heterocycles. The topological polar surface area (TPSA) is 121 Å². The minimum atomic E-state index is -3.89. The van der Waals surface area contributed by atoms with E-state index >= 15 is 0 Å². The van der Waals surface area contributed by atoms with Crippen molar-refractivity contribution < 1.29 is 23.6 Å². The number of nitrogens with zero attached hydrogens (tertiary/aromatic N) is 2. The summed E-state index contributed by atoms with van der Waals surface area (Å²) in [5.74, 6) is -0.592. The van der Waals surface area contributed by atoms with Gasteiger partial charge in [0.25, 0.3) is 0 Å². The van der Waals surface area contributed by atoms with Crippen LogP contribution in [0.4, 0.5) is 5.69 Å². The summed E-state index contributed by atoms with van der Waals surface area (Å²) in [6, 6.07) is 2.88. The Balaban J connectivity index is 2.41. The zero-order valence-electron chi connectivity index (χ0n) is 9.76. The van der Waals surface area contributed by atoms with Gasteiger partial charge in [-0.2, -0.15) is 4.31 Å². The van der Waals surface area contributed by atoms with E-state index in [0.717, 1.165) is 22.5 Å². The molecule has 2 N–H and O–H groups in total. The summed E-state index contributed by atoms with van der Waals surface area (Å²) >= 11 is 0. The molecule has 8 nitrogen and oxygen atoms in total. The molecule has 19 heavy (non-hydrogen) atoms. The Labute approximate surface area is 109 Å². The molecular weight excluding hydrogens is 276 g/mol. The molecule has 1 aromatic rings. The van der Waals surface area contributed by atoms with Crippen molar-refractivity contribution in [2.24, 2.45) is 0 Å². The Kier molecular flexibility index (Phi) is 3.43. The first-order valence-corrected chi connectivity index (χ1v) is 6.92. The van der Waals surface area contributed by atoms with E-state index in [-0.39, 0.29) is 18.0 Å². The van der Waals surface area contributed by atoms with Gasteiger partial charge in [0.1, 0.15) is 0 Å². The van der Waals surface area contributed by atoms with E-state index in [1.54, 1.807) is 0 Å². The minimum Gasteiger partial charge on any atom is -0.502 e. The molecule has 0 radical (unpaired) electrons. The van der Waals surface area contributed by atoms with Gasteiger partial charge in [-0.15, -0.1) is 0 Å². The molecule has 1 fully saturated rings. The van der Waals surface area contributed by atoms with Crippen molar-refractivity contribution in [1.29, 1.82) is 0 Å². The van der Waals surface area contributed by atoms with Crippen LogP contribution in [0, 0.1) is 10.1 Å². The van der Waals surface area contributed by atoms with Crippen molar-refractivity contribution in [3.63, 3.8) is 0 Å². The Hall–Kier alpha value is -1.71. The van der Waals surface area contributed by atoms with Crippen LogP contribution in [0.2, 0.25) is 0 Å². The number of hydrogen-bond donors (Lipinski definition) is 2. The van der Waals surface area contributed by atoms with Gasteiger partial charge in [0.15, 0.2) is 5.75 Å². The fraction of sp³-hybridized carbons (Fsp3) is 0.400. The van der Waals surface area contributed by atoms with Crippen LogP contribution in [-0.2, 0) is 10.0 Å². The van der Waals surface area contributed by atoms with E-state index < -0.39 is 32.5 Å². The molecule has 1 aromatic carbocycles. The second-order valence-corrected chi connectivity index (χ2v) is 6.15. The summed E-state index contributed by atoms with van der Waals surface area (Å²) in [4.78, 5) is 9.55. The van der Waals surface area contributed by atoms with Crippen molar-refractivity contribution in [2.75, 3.05) is 13.1 Å². The molecule has 1 saturated heterocycles. The van der Waals surface area contributed by atoms with Crippen LogP contribution in [0.3, 0.4) is 0 Å².